The van der Waals surface area contributed by atoms with Gasteiger partial charge < -0.3 is 14.0 Å². The predicted molar refractivity (Wildman–Crippen MR) is 108 cm³/mol. The van der Waals surface area contributed by atoms with Crippen molar-refractivity contribution in [3.63, 3.8) is 0 Å². The summed E-state index contributed by atoms with van der Waals surface area (Å²) in [6, 6.07) is 10.0. The normalized spacial score (nSPS) is 19.0. The van der Waals surface area contributed by atoms with Crippen molar-refractivity contribution in [1.82, 2.24) is 9.78 Å². The summed E-state index contributed by atoms with van der Waals surface area (Å²) >= 11 is 0. The predicted octanol–water partition coefficient (Wildman–Crippen LogP) is 4.43. The quantitative estimate of drug-likeness (QED) is 0.522. The number of rotatable bonds is 7. The molecule has 0 amide bonds. The van der Waals surface area contributed by atoms with E-state index in [1.54, 1.807) is 17.8 Å². The standard InChI is InChI=1S/C21H28BFN2O3/c1-16(19(23)22-27-20(2,3)21(4,5)28-22)18-13-24-25(14-18)11-12-26-15-17-9-7-6-8-10-17/h6-10,13-14H,11-12,15H2,1-5H3. The molecule has 0 bridgehead atoms. The van der Waals surface area contributed by atoms with Gasteiger partial charge in [0.15, 0.2) is 0 Å². The van der Waals surface area contributed by atoms with E-state index in [1.807, 2.05) is 64.2 Å². The molecule has 3 rings (SSSR count). The van der Waals surface area contributed by atoms with Crippen LogP contribution in [0, 0.1) is 0 Å². The Hall–Kier alpha value is -1.96. The zero-order valence-electron chi connectivity index (χ0n) is 17.2. The van der Waals surface area contributed by atoms with Gasteiger partial charge in [-0.3, -0.25) is 4.68 Å². The highest BCUT2D eigenvalue weighted by atomic mass is 19.1. The minimum atomic E-state index is -0.998. The molecule has 0 saturated carbocycles. The van der Waals surface area contributed by atoms with E-state index < -0.39 is 24.0 Å². The second-order valence-electron chi connectivity index (χ2n) is 8.09. The molecule has 0 atom stereocenters. The van der Waals surface area contributed by atoms with Gasteiger partial charge in [0.1, 0.15) is 5.73 Å². The molecule has 1 saturated heterocycles. The fraction of sp³-hybridized carbons (Fsp3) is 0.476. The van der Waals surface area contributed by atoms with Gasteiger partial charge in [-0.05, 0) is 45.8 Å². The maximum absolute atomic E-state index is 14.9. The molecule has 1 aliphatic heterocycles. The second kappa shape index (κ2) is 8.19. The van der Waals surface area contributed by atoms with Gasteiger partial charge in [0.25, 0.3) is 0 Å². The summed E-state index contributed by atoms with van der Waals surface area (Å²) in [7, 11) is -0.998. The molecule has 1 aromatic carbocycles. The molecule has 5 nitrogen and oxygen atoms in total. The maximum Gasteiger partial charge on any atom is 0.525 e. The summed E-state index contributed by atoms with van der Waals surface area (Å²) in [5.74, 6) is 0. The van der Waals surface area contributed by atoms with Crippen molar-refractivity contribution in [3.05, 3.63) is 59.6 Å². The smallest absolute Gasteiger partial charge is 0.398 e. The highest BCUT2D eigenvalue weighted by Crippen LogP contribution is 2.40. The van der Waals surface area contributed by atoms with E-state index in [4.69, 9.17) is 14.0 Å². The average molecular weight is 386 g/mol. The Bertz CT molecular complexity index is 817. The van der Waals surface area contributed by atoms with Crippen molar-refractivity contribution < 1.29 is 18.4 Å². The van der Waals surface area contributed by atoms with Gasteiger partial charge in [-0.1, -0.05) is 30.3 Å². The summed E-state index contributed by atoms with van der Waals surface area (Å²) in [6.45, 7) is 11.0. The summed E-state index contributed by atoms with van der Waals surface area (Å²) in [4.78, 5) is 0. The topological polar surface area (TPSA) is 45.5 Å². The number of benzene rings is 1. The Morgan fingerprint density at radius 1 is 1.14 bits per heavy atom. The number of hydrogen-bond donors (Lipinski definition) is 0. The molecule has 150 valence electrons. The third kappa shape index (κ3) is 4.54. The van der Waals surface area contributed by atoms with Gasteiger partial charge >= 0.3 is 7.12 Å². The van der Waals surface area contributed by atoms with E-state index in [1.165, 1.54) is 0 Å². The van der Waals surface area contributed by atoms with Gasteiger partial charge in [0.2, 0.25) is 0 Å². The minimum Gasteiger partial charge on any atom is -0.398 e. The lowest BCUT2D eigenvalue weighted by molar-refractivity contribution is 0.00578. The van der Waals surface area contributed by atoms with Gasteiger partial charge in [-0.15, -0.1) is 0 Å². The molecule has 2 aromatic rings. The zero-order chi connectivity index (χ0) is 20.4. The van der Waals surface area contributed by atoms with Crippen molar-refractivity contribution in [2.45, 2.75) is 59.0 Å². The SMILES string of the molecule is CC(=C(F)B1OC(C)(C)C(C)(C)O1)c1cnn(CCOCc2ccccc2)c1. The fourth-order valence-corrected chi connectivity index (χ4v) is 2.86. The fourth-order valence-electron chi connectivity index (χ4n) is 2.86. The molecule has 1 aromatic heterocycles. The molecule has 1 fully saturated rings. The van der Waals surface area contributed by atoms with Gasteiger partial charge in [-0.25, -0.2) is 4.39 Å². The minimum absolute atomic E-state index is 0.418. The largest absolute Gasteiger partial charge is 0.525 e. The van der Waals surface area contributed by atoms with E-state index >= 15 is 0 Å². The van der Waals surface area contributed by atoms with Crippen LogP contribution in [0.1, 0.15) is 45.7 Å². The Morgan fingerprint density at radius 3 is 2.43 bits per heavy atom. The van der Waals surface area contributed by atoms with E-state index in [0.717, 1.165) is 5.56 Å². The van der Waals surface area contributed by atoms with Crippen LogP contribution in [-0.4, -0.2) is 34.7 Å². The molecule has 0 radical (unpaired) electrons. The van der Waals surface area contributed by atoms with Crippen molar-refractivity contribution >= 4 is 12.7 Å². The van der Waals surface area contributed by atoms with Gasteiger partial charge in [0, 0.05) is 11.8 Å². The molecular weight excluding hydrogens is 358 g/mol. The van der Waals surface area contributed by atoms with Crippen LogP contribution in [0.2, 0.25) is 0 Å². The van der Waals surface area contributed by atoms with E-state index in [-0.39, 0.29) is 0 Å². The van der Waals surface area contributed by atoms with E-state index in [9.17, 15) is 4.39 Å². The highest BCUT2D eigenvalue weighted by molar-refractivity contribution is 6.55. The summed E-state index contributed by atoms with van der Waals surface area (Å²) in [5, 5.41) is 4.30. The first-order chi connectivity index (χ1) is 13.2. The number of aromatic nitrogens is 2. The highest BCUT2D eigenvalue weighted by Gasteiger charge is 2.53. The Kier molecular flexibility index (Phi) is 6.08. The van der Waals surface area contributed by atoms with Crippen LogP contribution < -0.4 is 0 Å². The lowest BCUT2D eigenvalue weighted by atomic mass is 9.84. The Morgan fingerprint density at radius 2 is 1.79 bits per heavy atom. The number of ether oxygens (including phenoxy) is 1. The monoisotopic (exact) mass is 386 g/mol. The molecule has 28 heavy (non-hydrogen) atoms. The molecule has 0 aliphatic carbocycles. The van der Waals surface area contributed by atoms with Crippen LogP contribution in [0.4, 0.5) is 4.39 Å². The Labute approximate surface area is 166 Å². The third-order valence-corrected chi connectivity index (χ3v) is 5.46. The maximum atomic E-state index is 14.9. The molecule has 2 heterocycles. The first-order valence-electron chi connectivity index (χ1n) is 9.56. The lowest BCUT2D eigenvalue weighted by Gasteiger charge is -2.32. The molecule has 0 N–H and O–H groups in total. The number of nitrogens with zero attached hydrogens (tertiary/aromatic N) is 2. The first-order valence-corrected chi connectivity index (χ1v) is 9.56. The van der Waals surface area contributed by atoms with Crippen molar-refractivity contribution in [2.24, 2.45) is 0 Å². The van der Waals surface area contributed by atoms with Crippen LogP contribution in [0.25, 0.3) is 5.57 Å². The molecule has 7 heteroatoms. The number of allylic oxidation sites excluding steroid dienone is 1. The van der Waals surface area contributed by atoms with Crippen LogP contribution in [0.3, 0.4) is 0 Å². The Balaban J connectivity index is 1.57. The van der Waals surface area contributed by atoms with Crippen LogP contribution in [-0.2, 0) is 27.2 Å². The first kappa shape index (κ1) is 20.8. The number of hydrogen-bond acceptors (Lipinski definition) is 4. The zero-order valence-corrected chi connectivity index (χ0v) is 17.2. The van der Waals surface area contributed by atoms with Crippen molar-refractivity contribution in [1.29, 1.82) is 0 Å². The summed E-state index contributed by atoms with van der Waals surface area (Å²) in [6.07, 6.45) is 3.46. The molecular formula is C21H28BFN2O3. The average Bonchev–Trinajstić information content (AvgIpc) is 3.20. The molecule has 0 spiro atoms. The van der Waals surface area contributed by atoms with Crippen LogP contribution in [0.15, 0.2) is 48.5 Å². The van der Waals surface area contributed by atoms with E-state index in [2.05, 4.69) is 5.10 Å². The van der Waals surface area contributed by atoms with Crippen LogP contribution in [0.5, 0.6) is 0 Å². The van der Waals surface area contributed by atoms with Crippen molar-refractivity contribution in [2.75, 3.05) is 6.61 Å². The van der Waals surface area contributed by atoms with Crippen LogP contribution >= 0.6 is 0 Å². The second-order valence-corrected chi connectivity index (χ2v) is 8.09. The van der Waals surface area contributed by atoms with Gasteiger partial charge in [-0.2, -0.15) is 5.10 Å². The number of halogens is 1. The van der Waals surface area contributed by atoms with Crippen molar-refractivity contribution in [3.8, 4) is 0 Å². The summed E-state index contributed by atoms with van der Waals surface area (Å²) in [5.41, 5.74) is 0.737. The molecule has 1 aliphatic rings. The third-order valence-electron chi connectivity index (χ3n) is 5.46. The lowest BCUT2D eigenvalue weighted by Crippen LogP contribution is -2.41. The van der Waals surface area contributed by atoms with Gasteiger partial charge in [0.05, 0.1) is 37.2 Å². The van der Waals surface area contributed by atoms with E-state index in [0.29, 0.717) is 30.9 Å². The summed E-state index contributed by atoms with van der Waals surface area (Å²) < 4.78 is 34.0. The molecule has 0 unspecified atom stereocenters.